The van der Waals surface area contributed by atoms with E-state index in [1.54, 1.807) is 18.2 Å². The molecule has 0 heterocycles. The predicted molar refractivity (Wildman–Crippen MR) is 69.7 cm³/mol. The van der Waals surface area contributed by atoms with E-state index in [4.69, 9.17) is 0 Å². The molecule has 1 atom stereocenters. The quantitative estimate of drug-likeness (QED) is 0.586. The molecule has 0 radical (unpaired) electrons. The van der Waals surface area contributed by atoms with Crippen molar-refractivity contribution in [3.8, 4) is 0 Å². The molecule has 2 aromatic rings. The van der Waals surface area contributed by atoms with Crippen LogP contribution in [-0.2, 0) is 0 Å². The van der Waals surface area contributed by atoms with E-state index in [9.17, 15) is 4.39 Å². The lowest BCUT2D eigenvalue weighted by atomic mass is 9.99. The molecule has 0 bridgehead atoms. The highest BCUT2D eigenvalue weighted by molar-refractivity contribution is 7.78. The molecule has 3 heteroatoms. The van der Waals surface area contributed by atoms with Gasteiger partial charge < -0.3 is 0 Å². The highest BCUT2D eigenvalue weighted by atomic mass is 32.1. The summed E-state index contributed by atoms with van der Waals surface area (Å²) < 4.78 is 13.7. The number of nitrogens with zero attached hydrogens (tertiary/aromatic N) is 1. The molecule has 84 valence electrons. The van der Waals surface area contributed by atoms with E-state index in [0.29, 0.717) is 5.56 Å². The fourth-order valence-electron chi connectivity index (χ4n) is 1.71. The Balaban J connectivity index is 2.51. The van der Waals surface area contributed by atoms with Crippen molar-refractivity contribution in [2.45, 2.75) is 6.04 Å². The van der Waals surface area contributed by atoms with Crippen LogP contribution in [0.25, 0.3) is 0 Å². The first-order valence-corrected chi connectivity index (χ1v) is 5.60. The van der Waals surface area contributed by atoms with Crippen molar-refractivity contribution in [1.29, 1.82) is 0 Å². The second-order valence-corrected chi connectivity index (χ2v) is 3.74. The van der Waals surface area contributed by atoms with Gasteiger partial charge in [0.15, 0.2) is 0 Å². The summed E-state index contributed by atoms with van der Waals surface area (Å²) >= 11 is 4.63. The van der Waals surface area contributed by atoms with Crippen LogP contribution in [0, 0.1) is 5.82 Å². The number of hydrogen-bond acceptors (Lipinski definition) is 2. The fourth-order valence-corrected chi connectivity index (χ4v) is 1.81. The van der Waals surface area contributed by atoms with Crippen LogP contribution in [0.1, 0.15) is 17.2 Å². The van der Waals surface area contributed by atoms with Gasteiger partial charge in [-0.25, -0.2) is 9.38 Å². The average Bonchev–Trinajstić information content (AvgIpc) is 2.38. The van der Waals surface area contributed by atoms with Crippen molar-refractivity contribution in [1.82, 2.24) is 0 Å². The standard InChI is InChI=1S/C14H10FNS/c15-13-9-5-4-8-12(13)14(16-10-17)11-6-2-1-3-7-11/h1-9,14H. The minimum atomic E-state index is -0.421. The second kappa shape index (κ2) is 5.48. The molecule has 0 spiro atoms. The normalized spacial score (nSPS) is 11.6. The highest BCUT2D eigenvalue weighted by Crippen LogP contribution is 2.27. The Hall–Kier alpha value is -1.83. The van der Waals surface area contributed by atoms with Crippen LogP contribution < -0.4 is 0 Å². The molecular weight excluding hydrogens is 233 g/mol. The van der Waals surface area contributed by atoms with Gasteiger partial charge in [0.1, 0.15) is 11.9 Å². The van der Waals surface area contributed by atoms with E-state index in [1.165, 1.54) is 6.07 Å². The SMILES string of the molecule is Fc1ccccc1C(N=C=S)c1ccccc1. The number of benzene rings is 2. The van der Waals surface area contributed by atoms with E-state index in [0.717, 1.165) is 5.56 Å². The first kappa shape index (κ1) is 11.6. The minimum Gasteiger partial charge on any atom is -0.219 e. The summed E-state index contributed by atoms with van der Waals surface area (Å²) in [6.45, 7) is 0. The number of isothiocyanates is 1. The molecule has 1 unspecified atom stereocenters. The van der Waals surface area contributed by atoms with Crippen LogP contribution in [-0.4, -0.2) is 5.16 Å². The molecule has 1 nitrogen and oxygen atoms in total. The van der Waals surface area contributed by atoms with Crippen molar-refractivity contribution in [2.24, 2.45) is 4.99 Å². The zero-order chi connectivity index (χ0) is 12.1. The number of hydrogen-bond donors (Lipinski definition) is 0. The molecule has 0 aliphatic heterocycles. The number of aliphatic imine (C=N–C) groups is 1. The van der Waals surface area contributed by atoms with Gasteiger partial charge in [-0.05, 0) is 23.8 Å². The molecule has 0 amide bonds. The molecule has 17 heavy (non-hydrogen) atoms. The van der Waals surface area contributed by atoms with Crippen molar-refractivity contribution >= 4 is 17.4 Å². The Morgan fingerprint density at radius 1 is 1.00 bits per heavy atom. The van der Waals surface area contributed by atoms with Gasteiger partial charge in [-0.1, -0.05) is 48.5 Å². The molecule has 0 aromatic heterocycles. The van der Waals surface area contributed by atoms with Crippen molar-refractivity contribution < 1.29 is 4.39 Å². The maximum atomic E-state index is 13.7. The summed E-state index contributed by atoms with van der Waals surface area (Å²) in [5.41, 5.74) is 1.41. The maximum absolute atomic E-state index is 13.7. The Bertz CT molecular complexity index is 547. The summed E-state index contributed by atoms with van der Waals surface area (Å²) in [6, 6.07) is 15.6. The Morgan fingerprint density at radius 3 is 2.29 bits per heavy atom. The lowest BCUT2D eigenvalue weighted by Gasteiger charge is -2.12. The molecular formula is C14H10FNS. The third kappa shape index (κ3) is 2.64. The number of thiocarbonyl (C=S) groups is 1. The van der Waals surface area contributed by atoms with Crippen LogP contribution in [0.3, 0.4) is 0 Å². The maximum Gasteiger partial charge on any atom is 0.128 e. The van der Waals surface area contributed by atoms with Gasteiger partial charge in [0.05, 0.1) is 5.16 Å². The molecule has 0 saturated heterocycles. The summed E-state index contributed by atoms with van der Waals surface area (Å²) in [5.74, 6) is -0.282. The average molecular weight is 243 g/mol. The summed E-state index contributed by atoms with van der Waals surface area (Å²) in [5, 5.41) is 2.33. The van der Waals surface area contributed by atoms with Crippen LogP contribution in [0.15, 0.2) is 59.6 Å². The van der Waals surface area contributed by atoms with Crippen molar-refractivity contribution in [2.75, 3.05) is 0 Å². The molecule has 0 N–H and O–H groups in total. The molecule has 2 rings (SSSR count). The molecule has 0 aliphatic rings. The van der Waals surface area contributed by atoms with Gasteiger partial charge in [0.2, 0.25) is 0 Å². The first-order valence-electron chi connectivity index (χ1n) is 5.19. The third-order valence-corrected chi connectivity index (χ3v) is 2.60. The van der Waals surface area contributed by atoms with E-state index in [-0.39, 0.29) is 5.82 Å². The summed E-state index contributed by atoms with van der Waals surface area (Å²) in [7, 11) is 0. The van der Waals surface area contributed by atoms with Gasteiger partial charge in [0.25, 0.3) is 0 Å². The number of halogens is 1. The zero-order valence-electron chi connectivity index (χ0n) is 9.01. The Morgan fingerprint density at radius 2 is 1.65 bits per heavy atom. The molecule has 0 saturated carbocycles. The molecule has 2 aromatic carbocycles. The van der Waals surface area contributed by atoms with E-state index in [1.807, 2.05) is 30.3 Å². The van der Waals surface area contributed by atoms with Crippen molar-refractivity contribution in [3.05, 3.63) is 71.5 Å². The van der Waals surface area contributed by atoms with Gasteiger partial charge in [-0.15, -0.1) is 0 Å². The van der Waals surface area contributed by atoms with Crippen molar-refractivity contribution in [3.63, 3.8) is 0 Å². The first-order chi connectivity index (χ1) is 8.33. The Kier molecular flexibility index (Phi) is 3.76. The molecule has 0 fully saturated rings. The number of rotatable bonds is 3. The Labute approximate surface area is 105 Å². The van der Waals surface area contributed by atoms with Gasteiger partial charge in [-0.3, -0.25) is 0 Å². The molecule has 0 aliphatic carbocycles. The predicted octanol–water partition coefficient (Wildman–Crippen LogP) is 4.02. The zero-order valence-corrected chi connectivity index (χ0v) is 9.82. The van der Waals surface area contributed by atoms with Crippen LogP contribution >= 0.6 is 12.2 Å². The highest BCUT2D eigenvalue weighted by Gasteiger charge is 2.15. The monoisotopic (exact) mass is 243 g/mol. The fraction of sp³-hybridized carbons (Fsp3) is 0.0714. The van der Waals surface area contributed by atoms with Gasteiger partial charge in [0, 0.05) is 5.56 Å². The lowest BCUT2D eigenvalue weighted by molar-refractivity contribution is 0.600. The van der Waals surface area contributed by atoms with Crippen LogP contribution in [0.5, 0.6) is 0 Å². The third-order valence-electron chi connectivity index (χ3n) is 2.50. The van der Waals surface area contributed by atoms with Gasteiger partial charge in [-0.2, -0.15) is 0 Å². The van der Waals surface area contributed by atoms with Gasteiger partial charge >= 0.3 is 0 Å². The second-order valence-electron chi connectivity index (χ2n) is 3.56. The lowest BCUT2D eigenvalue weighted by Crippen LogP contribution is -2.00. The minimum absolute atomic E-state index is 0.282. The van der Waals surface area contributed by atoms with E-state index >= 15 is 0 Å². The largest absolute Gasteiger partial charge is 0.219 e. The summed E-state index contributed by atoms with van der Waals surface area (Å²) in [4.78, 5) is 4.05. The van der Waals surface area contributed by atoms with E-state index in [2.05, 4.69) is 22.4 Å². The van der Waals surface area contributed by atoms with Crippen LogP contribution in [0.4, 0.5) is 4.39 Å². The smallest absolute Gasteiger partial charge is 0.128 e. The van der Waals surface area contributed by atoms with E-state index < -0.39 is 6.04 Å². The summed E-state index contributed by atoms with van der Waals surface area (Å²) in [6.07, 6.45) is 0. The van der Waals surface area contributed by atoms with Crippen LogP contribution in [0.2, 0.25) is 0 Å². The topological polar surface area (TPSA) is 12.4 Å².